The van der Waals surface area contributed by atoms with E-state index in [2.05, 4.69) is 37.8 Å². The molecule has 0 aliphatic carbocycles. The molecular weight excluding hydrogens is 267 g/mol. The first-order valence-electron chi connectivity index (χ1n) is 6.70. The van der Waals surface area contributed by atoms with E-state index >= 15 is 0 Å². The second kappa shape index (κ2) is 4.48. The van der Waals surface area contributed by atoms with E-state index in [1.807, 2.05) is 12.1 Å². The van der Waals surface area contributed by atoms with Gasteiger partial charge in [-0.05, 0) is 6.07 Å². The maximum absolute atomic E-state index is 9.43. The lowest BCUT2D eigenvalue weighted by Crippen LogP contribution is -2.37. The molecule has 5 heteroatoms. The largest absolute Gasteiger partial charge is 0.492 e. The summed E-state index contributed by atoms with van der Waals surface area (Å²) in [6, 6.07) is 11.8. The molecule has 1 aromatic heterocycles. The molecule has 0 aliphatic rings. The Morgan fingerprint density at radius 3 is 2.40 bits per heavy atom. The van der Waals surface area contributed by atoms with Crippen molar-refractivity contribution in [2.45, 2.75) is 19.6 Å². The highest BCUT2D eigenvalue weighted by Crippen LogP contribution is 2.27. The van der Waals surface area contributed by atoms with Crippen LogP contribution in [0.25, 0.3) is 21.9 Å². The minimum Gasteiger partial charge on any atom is -0.456 e. The zero-order valence-corrected chi connectivity index (χ0v) is 12.8. The summed E-state index contributed by atoms with van der Waals surface area (Å²) in [6.07, 6.45) is 0. The molecule has 0 saturated heterocycles. The smallest absolute Gasteiger partial charge is 0.456 e. The molecule has 0 spiro atoms. The van der Waals surface area contributed by atoms with Crippen LogP contribution in [-0.2, 0) is 0 Å². The van der Waals surface area contributed by atoms with Crippen molar-refractivity contribution in [1.29, 1.82) is 0 Å². The van der Waals surface area contributed by atoms with E-state index in [1.165, 1.54) is 5.19 Å². The molecule has 0 unspecified atom stereocenters. The molecule has 0 atom stereocenters. The van der Waals surface area contributed by atoms with Gasteiger partial charge >= 0.3 is 7.12 Å². The number of hydrogen-bond donors (Lipinski definition) is 2. The van der Waals surface area contributed by atoms with Gasteiger partial charge in [0.05, 0.1) is 8.07 Å². The van der Waals surface area contributed by atoms with E-state index in [9.17, 15) is 10.0 Å². The Bertz CT molecular complexity index is 787. The highest BCUT2D eigenvalue weighted by Gasteiger charge is 2.21. The van der Waals surface area contributed by atoms with Gasteiger partial charge in [-0.1, -0.05) is 55.2 Å². The predicted octanol–water partition coefficient (Wildman–Crippen LogP) is 1.81. The first kappa shape index (κ1) is 13.4. The van der Waals surface area contributed by atoms with Crippen molar-refractivity contribution in [3.8, 4) is 0 Å². The average molecular weight is 284 g/mol. The molecule has 0 fully saturated rings. The predicted molar refractivity (Wildman–Crippen MR) is 86.5 cm³/mol. The first-order chi connectivity index (χ1) is 9.38. The first-order valence-corrected chi connectivity index (χ1v) is 10.2. The fourth-order valence-electron chi connectivity index (χ4n) is 2.49. The van der Waals surface area contributed by atoms with Gasteiger partial charge in [0.1, 0.15) is 11.2 Å². The molecule has 2 N–H and O–H groups in total. The lowest BCUT2D eigenvalue weighted by atomic mass is 9.79. The van der Waals surface area contributed by atoms with Gasteiger partial charge in [-0.3, -0.25) is 0 Å². The van der Waals surface area contributed by atoms with Crippen LogP contribution in [0.5, 0.6) is 0 Å². The van der Waals surface area contributed by atoms with Gasteiger partial charge < -0.3 is 14.5 Å². The number of furan rings is 1. The molecule has 0 aliphatic heterocycles. The third kappa shape index (κ3) is 2.08. The van der Waals surface area contributed by atoms with E-state index < -0.39 is 15.2 Å². The van der Waals surface area contributed by atoms with Crippen molar-refractivity contribution in [1.82, 2.24) is 0 Å². The summed E-state index contributed by atoms with van der Waals surface area (Å²) in [4.78, 5) is 0. The Kier molecular flexibility index (Phi) is 3.01. The minimum absolute atomic E-state index is 0.410. The van der Waals surface area contributed by atoms with Gasteiger partial charge in [0, 0.05) is 16.2 Å². The lowest BCUT2D eigenvalue weighted by Gasteiger charge is -2.15. The third-order valence-corrected chi connectivity index (χ3v) is 5.72. The molecule has 2 aromatic carbocycles. The van der Waals surface area contributed by atoms with Crippen molar-refractivity contribution in [2.24, 2.45) is 0 Å². The quantitative estimate of drug-likeness (QED) is 0.706. The highest BCUT2D eigenvalue weighted by molar-refractivity contribution is 6.88. The van der Waals surface area contributed by atoms with Crippen molar-refractivity contribution in [3.05, 3.63) is 36.4 Å². The average Bonchev–Trinajstić information content (AvgIpc) is 2.74. The number of hydrogen-bond acceptors (Lipinski definition) is 3. The standard InChI is InChI=1S/C15H17BO3Si/c1-20(2,3)10-7-8-11-12-5-4-6-13(16(17)18)15(12)19-14(11)9-10/h4-9,17-18H,1-3H3. The van der Waals surface area contributed by atoms with Crippen molar-refractivity contribution >= 4 is 47.8 Å². The van der Waals surface area contributed by atoms with Crippen LogP contribution in [0, 0.1) is 0 Å². The molecule has 1 heterocycles. The zero-order valence-electron chi connectivity index (χ0n) is 11.8. The fraction of sp³-hybridized carbons (Fsp3) is 0.200. The number of para-hydroxylation sites is 1. The van der Waals surface area contributed by atoms with Crippen LogP contribution in [0.4, 0.5) is 0 Å². The number of fused-ring (bicyclic) bond motifs is 3. The van der Waals surface area contributed by atoms with E-state index in [0.717, 1.165) is 16.4 Å². The second-order valence-corrected chi connectivity index (χ2v) is 11.2. The Morgan fingerprint density at radius 1 is 1.00 bits per heavy atom. The summed E-state index contributed by atoms with van der Waals surface area (Å²) in [6.45, 7) is 6.87. The molecule has 3 nitrogen and oxygen atoms in total. The molecule has 0 amide bonds. The third-order valence-electron chi connectivity index (χ3n) is 3.67. The van der Waals surface area contributed by atoms with Crippen molar-refractivity contribution in [2.75, 3.05) is 0 Å². The summed E-state index contributed by atoms with van der Waals surface area (Å²) in [5.41, 5.74) is 1.78. The highest BCUT2D eigenvalue weighted by atomic mass is 28.3. The Morgan fingerprint density at radius 2 is 1.75 bits per heavy atom. The molecular formula is C15H17BO3Si. The van der Waals surface area contributed by atoms with Gasteiger partial charge in [-0.25, -0.2) is 0 Å². The summed E-state index contributed by atoms with van der Waals surface area (Å²) < 4.78 is 5.88. The van der Waals surface area contributed by atoms with Crippen LogP contribution in [0.3, 0.4) is 0 Å². The molecule has 102 valence electrons. The Hall–Kier alpha value is -1.56. The lowest BCUT2D eigenvalue weighted by molar-refractivity contribution is 0.425. The van der Waals surface area contributed by atoms with Gasteiger partial charge in [0.25, 0.3) is 0 Å². The Balaban J connectivity index is 2.33. The molecule has 0 bridgehead atoms. The van der Waals surface area contributed by atoms with E-state index in [0.29, 0.717) is 11.0 Å². The molecule has 3 aromatic rings. The van der Waals surface area contributed by atoms with Crippen LogP contribution in [-0.4, -0.2) is 25.2 Å². The van der Waals surface area contributed by atoms with Crippen LogP contribution >= 0.6 is 0 Å². The van der Waals surface area contributed by atoms with Gasteiger partial charge in [0.15, 0.2) is 0 Å². The normalized spacial score (nSPS) is 12.2. The van der Waals surface area contributed by atoms with Crippen LogP contribution < -0.4 is 10.6 Å². The Labute approximate surface area is 119 Å². The monoisotopic (exact) mass is 284 g/mol. The van der Waals surface area contributed by atoms with Crippen LogP contribution in [0.15, 0.2) is 40.8 Å². The molecule has 20 heavy (non-hydrogen) atoms. The van der Waals surface area contributed by atoms with Gasteiger partial charge in [0.2, 0.25) is 0 Å². The van der Waals surface area contributed by atoms with Crippen molar-refractivity contribution < 1.29 is 14.5 Å². The van der Waals surface area contributed by atoms with Gasteiger partial charge in [-0.2, -0.15) is 0 Å². The van der Waals surface area contributed by atoms with Crippen LogP contribution in [0.2, 0.25) is 19.6 Å². The minimum atomic E-state index is -1.52. The van der Waals surface area contributed by atoms with E-state index in [1.54, 1.807) is 6.07 Å². The van der Waals surface area contributed by atoms with E-state index in [-0.39, 0.29) is 0 Å². The molecule has 3 rings (SSSR count). The summed E-state index contributed by atoms with van der Waals surface area (Å²) >= 11 is 0. The van der Waals surface area contributed by atoms with Crippen molar-refractivity contribution in [3.63, 3.8) is 0 Å². The maximum Gasteiger partial charge on any atom is 0.492 e. The number of benzene rings is 2. The molecule has 0 saturated carbocycles. The fourth-order valence-corrected chi connectivity index (χ4v) is 3.64. The number of rotatable bonds is 2. The zero-order chi connectivity index (χ0) is 14.5. The maximum atomic E-state index is 9.43. The SMILES string of the molecule is C[Si](C)(C)c1ccc2c(c1)oc1c(B(O)O)cccc12. The van der Waals surface area contributed by atoms with Crippen LogP contribution in [0.1, 0.15) is 0 Å². The summed E-state index contributed by atoms with van der Waals surface area (Å²) in [5.74, 6) is 0. The molecule has 0 radical (unpaired) electrons. The topological polar surface area (TPSA) is 53.6 Å². The summed E-state index contributed by atoms with van der Waals surface area (Å²) in [7, 11) is -2.91. The van der Waals surface area contributed by atoms with E-state index in [4.69, 9.17) is 4.42 Å². The second-order valence-electron chi connectivity index (χ2n) is 6.16. The van der Waals surface area contributed by atoms with Gasteiger partial charge in [-0.15, -0.1) is 0 Å². The summed E-state index contributed by atoms with van der Waals surface area (Å²) in [5, 5.41) is 22.1.